The molecule has 0 aliphatic rings. The maximum atomic E-state index is 11.0. The minimum Gasteiger partial charge on any atom is -0.484 e. The molecule has 0 fully saturated rings. The zero-order valence-corrected chi connectivity index (χ0v) is 13.6. The predicted octanol–water partition coefficient (Wildman–Crippen LogP) is 3.04. The topological polar surface area (TPSA) is 74.5 Å². The van der Waals surface area contributed by atoms with Gasteiger partial charge in [0.15, 0.2) is 6.61 Å². The fourth-order valence-electron chi connectivity index (χ4n) is 1.63. The largest absolute Gasteiger partial charge is 0.484 e. The Kier molecular flexibility index (Phi) is 5.83. The van der Waals surface area contributed by atoms with E-state index < -0.39 is 0 Å². The lowest BCUT2D eigenvalue weighted by molar-refractivity contribution is -0.137. The van der Waals surface area contributed by atoms with Gasteiger partial charge in [-0.3, -0.25) is 4.79 Å². The number of carbonyl (C=O) groups is 1. The summed E-state index contributed by atoms with van der Waals surface area (Å²) < 4.78 is 15.5. The van der Waals surface area contributed by atoms with Gasteiger partial charge >= 0.3 is 5.97 Å². The zero-order chi connectivity index (χ0) is 15.9. The van der Waals surface area contributed by atoms with Crippen molar-refractivity contribution in [3.63, 3.8) is 0 Å². The molecule has 6 nitrogen and oxygen atoms in total. The second kappa shape index (κ2) is 7.84. The molecule has 0 aliphatic carbocycles. The van der Waals surface area contributed by atoms with E-state index in [0.717, 1.165) is 17.5 Å². The summed E-state index contributed by atoms with van der Waals surface area (Å²) in [7, 11) is 1.33. The van der Waals surface area contributed by atoms with E-state index in [4.69, 9.17) is 9.15 Å². The minimum atomic E-state index is -0.341. The fourth-order valence-corrected chi connectivity index (χ4v) is 2.24. The number of esters is 1. The second-order valence-corrected chi connectivity index (χ2v) is 5.77. The normalized spacial score (nSPS) is 10.7. The second-order valence-electron chi connectivity index (χ2n) is 4.84. The van der Waals surface area contributed by atoms with Gasteiger partial charge in [-0.25, -0.2) is 0 Å². The average molecular weight is 322 g/mol. The molecule has 0 radical (unpaired) electrons. The third-order valence-corrected chi connectivity index (χ3v) is 3.69. The van der Waals surface area contributed by atoms with E-state index in [2.05, 4.69) is 28.8 Å². The maximum absolute atomic E-state index is 11.0. The molecule has 1 aromatic heterocycles. The zero-order valence-electron chi connectivity index (χ0n) is 12.7. The molecule has 0 spiro atoms. The molecule has 1 aromatic carbocycles. The van der Waals surface area contributed by atoms with E-state index in [1.54, 1.807) is 0 Å². The van der Waals surface area contributed by atoms with Gasteiger partial charge in [-0.2, -0.15) is 0 Å². The van der Waals surface area contributed by atoms with E-state index in [-0.39, 0.29) is 18.3 Å². The van der Waals surface area contributed by atoms with Crippen LogP contribution in [0, 0.1) is 0 Å². The Morgan fingerprint density at radius 3 is 2.64 bits per heavy atom. The lowest BCUT2D eigenvalue weighted by Gasteiger charge is -2.07. The number of carbonyl (C=O) groups excluding carboxylic acids is 1. The summed E-state index contributed by atoms with van der Waals surface area (Å²) in [6.07, 6.45) is 0. The summed E-state index contributed by atoms with van der Waals surface area (Å²) in [6.45, 7) is 4.47. The van der Waals surface area contributed by atoms with E-state index in [0.29, 0.717) is 17.0 Å². The maximum Gasteiger partial charge on any atom is 0.316 e. The van der Waals surface area contributed by atoms with Crippen LogP contribution in [0.25, 0.3) is 0 Å². The lowest BCUT2D eigenvalue weighted by atomic mass is 10.0. The van der Waals surface area contributed by atoms with Crippen LogP contribution in [0.1, 0.15) is 31.2 Å². The molecule has 1 heterocycles. The molecular weight excluding hydrogens is 304 g/mol. The van der Waals surface area contributed by atoms with Crippen molar-refractivity contribution in [1.82, 2.24) is 10.2 Å². The highest BCUT2D eigenvalue weighted by Crippen LogP contribution is 2.20. The monoisotopic (exact) mass is 322 g/mol. The summed E-state index contributed by atoms with van der Waals surface area (Å²) in [5.74, 6) is 1.38. The predicted molar refractivity (Wildman–Crippen MR) is 81.9 cm³/mol. The molecular formula is C15H18N2O4S. The third kappa shape index (κ3) is 4.77. The SMILES string of the molecule is COC(=O)CSc1nnc(COc2ccc(C(C)C)cc2)o1. The number of rotatable bonds is 7. The van der Waals surface area contributed by atoms with Crippen LogP contribution in [0.5, 0.6) is 5.75 Å². The van der Waals surface area contributed by atoms with Crippen LogP contribution in [0.4, 0.5) is 0 Å². The number of hydrogen-bond acceptors (Lipinski definition) is 7. The number of ether oxygens (including phenoxy) is 2. The van der Waals surface area contributed by atoms with Gasteiger partial charge in [-0.15, -0.1) is 10.2 Å². The van der Waals surface area contributed by atoms with E-state index in [1.807, 2.05) is 24.3 Å². The molecule has 7 heteroatoms. The number of nitrogens with zero attached hydrogens (tertiary/aromatic N) is 2. The van der Waals surface area contributed by atoms with Crippen molar-refractivity contribution in [1.29, 1.82) is 0 Å². The van der Waals surface area contributed by atoms with Crippen LogP contribution in [0.2, 0.25) is 0 Å². The summed E-state index contributed by atoms with van der Waals surface area (Å²) >= 11 is 1.13. The Labute approximate surface area is 133 Å². The minimum absolute atomic E-state index is 0.135. The highest BCUT2D eigenvalue weighted by Gasteiger charge is 2.10. The molecule has 0 N–H and O–H groups in total. The smallest absolute Gasteiger partial charge is 0.316 e. The quantitative estimate of drug-likeness (QED) is 0.573. The highest BCUT2D eigenvalue weighted by molar-refractivity contribution is 7.99. The Bertz CT molecular complexity index is 610. The molecule has 0 atom stereocenters. The number of thioether (sulfide) groups is 1. The van der Waals surface area contributed by atoms with Gasteiger partial charge in [0.2, 0.25) is 0 Å². The molecule has 0 aliphatic heterocycles. The van der Waals surface area contributed by atoms with E-state index in [9.17, 15) is 4.79 Å². The van der Waals surface area contributed by atoms with E-state index in [1.165, 1.54) is 12.7 Å². The number of methoxy groups -OCH3 is 1. The first-order chi connectivity index (χ1) is 10.6. The molecule has 0 bridgehead atoms. The van der Waals surface area contributed by atoms with Gasteiger partial charge < -0.3 is 13.9 Å². The Balaban J connectivity index is 1.84. The van der Waals surface area contributed by atoms with Crippen molar-refractivity contribution in [2.45, 2.75) is 31.6 Å². The van der Waals surface area contributed by atoms with Crippen molar-refractivity contribution in [2.75, 3.05) is 12.9 Å². The Hall–Kier alpha value is -2.02. The first-order valence-corrected chi connectivity index (χ1v) is 7.82. The van der Waals surface area contributed by atoms with Gasteiger partial charge in [0.25, 0.3) is 11.1 Å². The Morgan fingerprint density at radius 2 is 2.00 bits per heavy atom. The van der Waals surface area contributed by atoms with Crippen LogP contribution in [0.15, 0.2) is 33.9 Å². The van der Waals surface area contributed by atoms with Crippen molar-refractivity contribution in [3.05, 3.63) is 35.7 Å². The summed E-state index contributed by atoms with van der Waals surface area (Å²) in [6, 6.07) is 7.90. The fraction of sp³-hybridized carbons (Fsp3) is 0.400. The molecule has 22 heavy (non-hydrogen) atoms. The number of hydrogen-bond donors (Lipinski definition) is 0. The van der Waals surface area contributed by atoms with E-state index >= 15 is 0 Å². The summed E-state index contributed by atoms with van der Waals surface area (Å²) in [5, 5.41) is 8.02. The molecule has 0 unspecified atom stereocenters. The Morgan fingerprint density at radius 1 is 1.27 bits per heavy atom. The summed E-state index contributed by atoms with van der Waals surface area (Å²) in [5.41, 5.74) is 1.26. The standard InChI is InChI=1S/C15H18N2O4S/c1-10(2)11-4-6-12(7-5-11)20-8-13-16-17-15(21-13)22-9-14(18)19-3/h4-7,10H,8-9H2,1-3H3. The molecule has 118 valence electrons. The van der Waals surface area contributed by atoms with Crippen molar-refractivity contribution >= 4 is 17.7 Å². The van der Waals surface area contributed by atoms with Gasteiger partial charge in [0, 0.05) is 0 Å². The lowest BCUT2D eigenvalue weighted by Crippen LogP contribution is -2.02. The average Bonchev–Trinajstić information content (AvgIpc) is 2.99. The van der Waals surface area contributed by atoms with Crippen LogP contribution in [-0.4, -0.2) is 29.0 Å². The van der Waals surface area contributed by atoms with Crippen molar-refractivity contribution in [2.24, 2.45) is 0 Å². The first kappa shape index (κ1) is 16.4. The van der Waals surface area contributed by atoms with Gasteiger partial charge in [-0.05, 0) is 23.6 Å². The molecule has 2 rings (SSSR count). The van der Waals surface area contributed by atoms with Crippen LogP contribution in [-0.2, 0) is 16.1 Å². The summed E-state index contributed by atoms with van der Waals surface area (Å²) in [4.78, 5) is 11.0. The van der Waals surface area contributed by atoms with Crippen LogP contribution in [0.3, 0.4) is 0 Å². The molecule has 2 aromatic rings. The molecule has 0 amide bonds. The number of benzene rings is 1. The first-order valence-electron chi connectivity index (χ1n) is 6.83. The molecule has 0 saturated heterocycles. The molecule has 0 saturated carbocycles. The third-order valence-electron chi connectivity index (χ3n) is 2.90. The van der Waals surface area contributed by atoms with Crippen LogP contribution < -0.4 is 4.74 Å². The van der Waals surface area contributed by atoms with Gasteiger partial charge in [-0.1, -0.05) is 37.7 Å². The number of aromatic nitrogens is 2. The van der Waals surface area contributed by atoms with Crippen LogP contribution >= 0.6 is 11.8 Å². The van der Waals surface area contributed by atoms with Crippen molar-refractivity contribution in [3.8, 4) is 5.75 Å². The van der Waals surface area contributed by atoms with Gasteiger partial charge in [0.1, 0.15) is 11.5 Å². The van der Waals surface area contributed by atoms with Crippen molar-refractivity contribution < 1.29 is 18.7 Å². The van der Waals surface area contributed by atoms with Gasteiger partial charge in [0.05, 0.1) is 7.11 Å². The highest BCUT2D eigenvalue weighted by atomic mass is 32.2.